The van der Waals surface area contributed by atoms with Crippen molar-refractivity contribution in [2.75, 3.05) is 7.11 Å². The highest BCUT2D eigenvalue weighted by Gasteiger charge is 2.35. The number of methoxy groups -OCH3 is 1. The van der Waals surface area contributed by atoms with Crippen molar-refractivity contribution >= 4 is 84.1 Å². The Morgan fingerprint density at radius 2 is 1.69 bits per heavy atom. The van der Waals surface area contributed by atoms with Gasteiger partial charge in [-0.05, 0) is 105 Å². The number of halogens is 2. The second kappa shape index (κ2) is 11.2. The van der Waals surface area contributed by atoms with Gasteiger partial charge in [-0.2, -0.15) is 8.42 Å². The van der Waals surface area contributed by atoms with E-state index in [0.717, 1.165) is 28.1 Å². The van der Waals surface area contributed by atoms with Crippen LogP contribution in [-0.2, 0) is 21.5 Å². The number of rotatable bonds is 7. The van der Waals surface area contributed by atoms with Gasteiger partial charge < -0.3 is 8.92 Å². The molecule has 4 aromatic carbocycles. The maximum absolute atomic E-state index is 13.1. The van der Waals surface area contributed by atoms with Gasteiger partial charge in [-0.15, -0.1) is 0 Å². The molecule has 4 aromatic rings. The van der Waals surface area contributed by atoms with Crippen LogP contribution in [0.3, 0.4) is 0 Å². The molecular formula is C28H19ClINO6S2. The zero-order chi connectivity index (χ0) is 27.7. The number of thioether (sulfide) groups is 1. The largest absolute Gasteiger partial charge is 0.493 e. The first-order valence-corrected chi connectivity index (χ1v) is 15.1. The molecule has 0 bridgehead atoms. The molecule has 7 nitrogen and oxygen atoms in total. The third-order valence-corrected chi connectivity index (χ3v) is 9.07. The standard InChI is InChI=1S/C28H19ClINO6S2/c1-36-24-14-18(13-23(30)26(24)37-39(34,35)22-10-8-21(29)9-11-22)15-25-27(32)31(28(33)38-25)16-17-6-7-19-4-2-3-5-20(19)12-17/h2-15H,16H2,1H3/b25-15-. The van der Waals surface area contributed by atoms with Crippen molar-refractivity contribution in [2.24, 2.45) is 0 Å². The molecule has 0 unspecified atom stereocenters. The molecule has 2 amide bonds. The molecule has 0 N–H and O–H groups in total. The first kappa shape index (κ1) is 27.5. The smallest absolute Gasteiger partial charge is 0.339 e. The van der Waals surface area contributed by atoms with Crippen molar-refractivity contribution in [3.63, 3.8) is 0 Å². The first-order valence-electron chi connectivity index (χ1n) is 11.5. The van der Waals surface area contributed by atoms with E-state index in [0.29, 0.717) is 14.2 Å². The topological polar surface area (TPSA) is 90.0 Å². The lowest BCUT2D eigenvalue weighted by atomic mass is 10.1. The average Bonchev–Trinajstić information content (AvgIpc) is 3.17. The predicted octanol–water partition coefficient (Wildman–Crippen LogP) is 7.11. The number of imide groups is 1. The highest BCUT2D eigenvalue weighted by molar-refractivity contribution is 14.1. The van der Waals surface area contributed by atoms with Crippen LogP contribution in [0.25, 0.3) is 16.8 Å². The van der Waals surface area contributed by atoms with Gasteiger partial charge in [-0.25, -0.2) is 0 Å². The Morgan fingerprint density at radius 1 is 0.974 bits per heavy atom. The van der Waals surface area contributed by atoms with Gasteiger partial charge in [-0.1, -0.05) is 48.0 Å². The van der Waals surface area contributed by atoms with Crippen molar-refractivity contribution in [1.29, 1.82) is 0 Å². The zero-order valence-corrected chi connectivity index (χ0v) is 24.8. The second-order valence-corrected chi connectivity index (χ2v) is 12.6. The summed E-state index contributed by atoms with van der Waals surface area (Å²) in [5.41, 5.74) is 1.39. The van der Waals surface area contributed by atoms with E-state index in [9.17, 15) is 18.0 Å². The molecule has 1 fully saturated rings. The van der Waals surface area contributed by atoms with Gasteiger partial charge in [0.15, 0.2) is 11.5 Å². The Bertz CT molecular complexity index is 1760. The molecule has 39 heavy (non-hydrogen) atoms. The first-order chi connectivity index (χ1) is 18.6. The quantitative estimate of drug-likeness (QED) is 0.116. The lowest BCUT2D eigenvalue weighted by Gasteiger charge is -2.14. The van der Waals surface area contributed by atoms with E-state index in [1.807, 2.05) is 65.1 Å². The minimum Gasteiger partial charge on any atom is -0.493 e. The fourth-order valence-corrected chi connectivity index (χ4v) is 6.78. The van der Waals surface area contributed by atoms with E-state index in [4.69, 9.17) is 20.5 Å². The van der Waals surface area contributed by atoms with Gasteiger partial charge in [0.25, 0.3) is 11.1 Å². The summed E-state index contributed by atoms with van der Waals surface area (Å²) in [6.07, 6.45) is 1.58. The van der Waals surface area contributed by atoms with E-state index >= 15 is 0 Å². The van der Waals surface area contributed by atoms with Crippen LogP contribution in [0, 0.1) is 3.57 Å². The summed E-state index contributed by atoms with van der Waals surface area (Å²) in [6.45, 7) is 0.156. The summed E-state index contributed by atoms with van der Waals surface area (Å²) in [5.74, 6) is -0.242. The zero-order valence-electron chi connectivity index (χ0n) is 20.3. The number of carbonyl (C=O) groups is 2. The van der Waals surface area contributed by atoms with Crippen LogP contribution >= 0.6 is 46.0 Å². The maximum atomic E-state index is 13.1. The minimum atomic E-state index is -4.16. The molecule has 5 rings (SSSR count). The molecule has 0 atom stereocenters. The van der Waals surface area contributed by atoms with Gasteiger partial charge >= 0.3 is 10.1 Å². The molecule has 1 heterocycles. The Kier molecular flexibility index (Phi) is 7.90. The van der Waals surface area contributed by atoms with E-state index in [2.05, 4.69) is 0 Å². The SMILES string of the molecule is COc1cc(/C=C2\SC(=O)N(Cc3ccc4ccccc4c3)C2=O)cc(I)c1OS(=O)(=O)c1ccc(Cl)cc1. The molecule has 0 radical (unpaired) electrons. The molecule has 11 heteroatoms. The van der Waals surface area contributed by atoms with Crippen LogP contribution in [0.5, 0.6) is 11.5 Å². The summed E-state index contributed by atoms with van der Waals surface area (Å²) in [6, 6.07) is 22.5. The lowest BCUT2D eigenvalue weighted by Crippen LogP contribution is -2.27. The number of hydrogen-bond acceptors (Lipinski definition) is 7. The number of hydrogen-bond donors (Lipinski definition) is 0. The fourth-order valence-electron chi connectivity index (χ4n) is 3.97. The Morgan fingerprint density at radius 3 is 2.41 bits per heavy atom. The number of fused-ring (bicyclic) bond motifs is 1. The molecule has 1 aliphatic heterocycles. The van der Waals surface area contributed by atoms with Crippen LogP contribution < -0.4 is 8.92 Å². The third-order valence-electron chi connectivity index (χ3n) is 5.87. The molecule has 0 spiro atoms. The van der Waals surface area contributed by atoms with Crippen molar-refractivity contribution < 1.29 is 26.9 Å². The summed E-state index contributed by atoms with van der Waals surface area (Å²) in [5, 5.41) is 2.13. The Balaban J connectivity index is 1.39. The van der Waals surface area contributed by atoms with Gasteiger partial charge in [0, 0.05) is 5.02 Å². The van der Waals surface area contributed by atoms with Crippen molar-refractivity contribution in [3.05, 3.63) is 103 Å². The number of carbonyl (C=O) groups excluding carboxylic acids is 2. The van der Waals surface area contributed by atoms with Crippen molar-refractivity contribution in [2.45, 2.75) is 11.4 Å². The summed E-state index contributed by atoms with van der Waals surface area (Å²) in [4.78, 5) is 27.2. The lowest BCUT2D eigenvalue weighted by molar-refractivity contribution is -0.123. The summed E-state index contributed by atoms with van der Waals surface area (Å²) in [7, 11) is -2.77. The number of ether oxygens (including phenoxy) is 1. The van der Waals surface area contributed by atoms with E-state index in [-0.39, 0.29) is 33.1 Å². The second-order valence-electron chi connectivity index (χ2n) is 8.47. The molecule has 1 saturated heterocycles. The van der Waals surface area contributed by atoms with Crippen LogP contribution in [0.4, 0.5) is 4.79 Å². The van der Waals surface area contributed by atoms with Crippen LogP contribution in [0.1, 0.15) is 11.1 Å². The number of nitrogens with zero attached hydrogens (tertiary/aromatic N) is 1. The number of amides is 2. The summed E-state index contributed by atoms with van der Waals surface area (Å²) >= 11 is 8.64. The number of benzene rings is 4. The monoisotopic (exact) mass is 691 g/mol. The average molecular weight is 692 g/mol. The van der Waals surface area contributed by atoms with Crippen LogP contribution in [-0.4, -0.2) is 31.6 Å². The van der Waals surface area contributed by atoms with Gasteiger partial charge in [0.1, 0.15) is 4.90 Å². The molecule has 1 aliphatic rings. The van der Waals surface area contributed by atoms with Crippen molar-refractivity contribution in [3.8, 4) is 11.5 Å². The molecule has 0 saturated carbocycles. The third kappa shape index (κ3) is 5.93. The Hall–Kier alpha value is -3.06. The molecule has 0 aliphatic carbocycles. The maximum Gasteiger partial charge on any atom is 0.339 e. The highest BCUT2D eigenvalue weighted by Crippen LogP contribution is 2.39. The van der Waals surface area contributed by atoms with Gasteiger partial charge in [0.2, 0.25) is 0 Å². The molecule has 198 valence electrons. The Labute approximate surface area is 248 Å². The van der Waals surface area contributed by atoms with Gasteiger partial charge in [-0.3, -0.25) is 14.5 Å². The van der Waals surface area contributed by atoms with Crippen molar-refractivity contribution in [1.82, 2.24) is 4.90 Å². The van der Waals surface area contributed by atoms with E-state index in [1.54, 1.807) is 18.2 Å². The molecule has 0 aromatic heterocycles. The molecular weight excluding hydrogens is 673 g/mol. The summed E-state index contributed by atoms with van der Waals surface area (Å²) < 4.78 is 36.9. The van der Waals surface area contributed by atoms with Crippen LogP contribution in [0.15, 0.2) is 88.7 Å². The fraction of sp³-hybridized carbons (Fsp3) is 0.0714. The predicted molar refractivity (Wildman–Crippen MR) is 160 cm³/mol. The van der Waals surface area contributed by atoms with Crippen LogP contribution in [0.2, 0.25) is 5.02 Å². The highest BCUT2D eigenvalue weighted by atomic mass is 127. The van der Waals surface area contributed by atoms with E-state index < -0.39 is 16.0 Å². The minimum absolute atomic E-state index is 0.00890. The van der Waals surface area contributed by atoms with E-state index in [1.165, 1.54) is 36.3 Å². The normalized spacial score (nSPS) is 14.8. The van der Waals surface area contributed by atoms with Gasteiger partial charge in [0.05, 0.1) is 22.1 Å².